The molecule has 0 saturated carbocycles. The van der Waals surface area contributed by atoms with Crippen molar-refractivity contribution in [2.75, 3.05) is 5.32 Å². The Bertz CT molecular complexity index is 830. The standard InChI is InChI=1S/C15H13ClN6O/c1-2-22-14(19-20-21-22)10-4-3-5-11(8-10)15(23)18-13-7-6-12(16)9-17-13/h3-9H,2H2,1H3,(H,17,18,23). The lowest BCUT2D eigenvalue weighted by Gasteiger charge is -2.06. The molecule has 0 aliphatic carbocycles. The summed E-state index contributed by atoms with van der Waals surface area (Å²) in [6.45, 7) is 2.59. The van der Waals surface area contributed by atoms with E-state index in [0.29, 0.717) is 28.8 Å². The number of halogens is 1. The molecule has 2 heterocycles. The van der Waals surface area contributed by atoms with Gasteiger partial charge in [0.15, 0.2) is 5.82 Å². The molecule has 2 aromatic heterocycles. The van der Waals surface area contributed by atoms with Crippen LogP contribution in [-0.2, 0) is 6.54 Å². The van der Waals surface area contributed by atoms with Crippen molar-refractivity contribution in [3.05, 3.63) is 53.2 Å². The maximum atomic E-state index is 12.3. The molecule has 3 aromatic rings. The molecule has 0 radical (unpaired) electrons. The SMILES string of the molecule is CCn1nnnc1-c1cccc(C(=O)Nc2ccc(Cl)cn2)c1. The van der Waals surface area contributed by atoms with Crippen LogP contribution in [0.1, 0.15) is 17.3 Å². The quantitative estimate of drug-likeness (QED) is 0.795. The average molecular weight is 329 g/mol. The van der Waals surface area contributed by atoms with Gasteiger partial charge in [0.25, 0.3) is 5.91 Å². The van der Waals surface area contributed by atoms with Crippen molar-refractivity contribution in [3.63, 3.8) is 0 Å². The first-order valence-corrected chi connectivity index (χ1v) is 7.34. The Morgan fingerprint density at radius 3 is 2.91 bits per heavy atom. The fraction of sp³-hybridized carbons (Fsp3) is 0.133. The highest BCUT2D eigenvalue weighted by Gasteiger charge is 2.12. The monoisotopic (exact) mass is 328 g/mol. The number of amides is 1. The van der Waals surface area contributed by atoms with E-state index >= 15 is 0 Å². The van der Waals surface area contributed by atoms with Crippen LogP contribution in [0.3, 0.4) is 0 Å². The van der Waals surface area contributed by atoms with Crippen molar-refractivity contribution in [2.24, 2.45) is 0 Å². The molecule has 0 atom stereocenters. The summed E-state index contributed by atoms with van der Waals surface area (Å²) >= 11 is 5.78. The Kier molecular flexibility index (Phi) is 4.29. The average Bonchev–Trinajstić information content (AvgIpc) is 3.06. The predicted octanol–water partition coefficient (Wildman–Crippen LogP) is 2.66. The van der Waals surface area contributed by atoms with Crippen molar-refractivity contribution in [3.8, 4) is 11.4 Å². The number of nitrogens with one attached hydrogen (secondary N) is 1. The first-order chi connectivity index (χ1) is 11.2. The van der Waals surface area contributed by atoms with E-state index in [1.807, 2.05) is 13.0 Å². The minimum absolute atomic E-state index is 0.266. The molecule has 0 spiro atoms. The number of anilines is 1. The zero-order chi connectivity index (χ0) is 16.2. The van der Waals surface area contributed by atoms with E-state index in [2.05, 4.69) is 25.8 Å². The highest BCUT2D eigenvalue weighted by Crippen LogP contribution is 2.18. The smallest absolute Gasteiger partial charge is 0.256 e. The Hall–Kier alpha value is -2.80. The Balaban J connectivity index is 1.84. The molecule has 1 N–H and O–H groups in total. The molecule has 0 saturated heterocycles. The lowest BCUT2D eigenvalue weighted by atomic mass is 10.1. The van der Waals surface area contributed by atoms with E-state index < -0.39 is 0 Å². The van der Waals surface area contributed by atoms with Gasteiger partial charge in [0.05, 0.1) is 5.02 Å². The maximum absolute atomic E-state index is 12.3. The lowest BCUT2D eigenvalue weighted by Crippen LogP contribution is -2.13. The second kappa shape index (κ2) is 6.53. The Morgan fingerprint density at radius 2 is 2.17 bits per heavy atom. The van der Waals surface area contributed by atoms with Crippen molar-refractivity contribution in [2.45, 2.75) is 13.5 Å². The molecule has 0 unspecified atom stereocenters. The van der Waals surface area contributed by atoms with Gasteiger partial charge in [-0.2, -0.15) is 0 Å². The summed E-state index contributed by atoms with van der Waals surface area (Å²) in [5.41, 5.74) is 1.26. The second-order valence-corrected chi connectivity index (χ2v) is 5.15. The number of benzene rings is 1. The third kappa shape index (κ3) is 3.35. The minimum atomic E-state index is -0.266. The van der Waals surface area contributed by atoms with Gasteiger partial charge in [-0.1, -0.05) is 23.7 Å². The van der Waals surface area contributed by atoms with Crippen LogP contribution in [0.2, 0.25) is 5.02 Å². The van der Waals surface area contributed by atoms with Crippen molar-refractivity contribution >= 4 is 23.3 Å². The fourth-order valence-electron chi connectivity index (χ4n) is 2.06. The molecule has 1 aromatic carbocycles. The molecule has 0 bridgehead atoms. The van der Waals surface area contributed by atoms with Gasteiger partial charge in [-0.05, 0) is 41.6 Å². The zero-order valence-corrected chi connectivity index (χ0v) is 13.0. The summed E-state index contributed by atoms with van der Waals surface area (Å²) in [6, 6.07) is 10.4. The van der Waals surface area contributed by atoms with Crippen molar-refractivity contribution < 1.29 is 4.79 Å². The largest absolute Gasteiger partial charge is 0.307 e. The zero-order valence-electron chi connectivity index (χ0n) is 12.3. The van der Waals surface area contributed by atoms with Crippen LogP contribution in [0.4, 0.5) is 5.82 Å². The van der Waals surface area contributed by atoms with Crippen LogP contribution in [0.5, 0.6) is 0 Å². The molecule has 1 amide bonds. The van der Waals surface area contributed by atoms with Gasteiger partial charge in [-0.3, -0.25) is 4.79 Å². The number of pyridine rings is 1. The van der Waals surface area contributed by atoms with Gasteiger partial charge in [0.1, 0.15) is 5.82 Å². The number of tetrazole rings is 1. The van der Waals surface area contributed by atoms with Gasteiger partial charge < -0.3 is 5.32 Å². The predicted molar refractivity (Wildman–Crippen MR) is 86.1 cm³/mol. The highest BCUT2D eigenvalue weighted by molar-refractivity contribution is 6.30. The van der Waals surface area contributed by atoms with E-state index in [1.54, 1.807) is 35.0 Å². The third-order valence-corrected chi connectivity index (χ3v) is 3.41. The van der Waals surface area contributed by atoms with Crippen LogP contribution in [0.15, 0.2) is 42.6 Å². The van der Waals surface area contributed by atoms with E-state index in [-0.39, 0.29) is 5.91 Å². The molecule has 0 aliphatic rings. The third-order valence-electron chi connectivity index (χ3n) is 3.18. The fourth-order valence-corrected chi connectivity index (χ4v) is 2.17. The van der Waals surface area contributed by atoms with Gasteiger partial charge in [-0.15, -0.1) is 5.10 Å². The van der Waals surface area contributed by atoms with Gasteiger partial charge in [0.2, 0.25) is 0 Å². The van der Waals surface area contributed by atoms with E-state index in [1.165, 1.54) is 6.20 Å². The topological polar surface area (TPSA) is 85.6 Å². The molecular formula is C15H13ClN6O. The first kappa shape index (κ1) is 15.1. The maximum Gasteiger partial charge on any atom is 0.256 e. The van der Waals surface area contributed by atoms with E-state index in [0.717, 1.165) is 5.56 Å². The first-order valence-electron chi connectivity index (χ1n) is 6.97. The van der Waals surface area contributed by atoms with Crippen LogP contribution < -0.4 is 5.32 Å². The van der Waals surface area contributed by atoms with Gasteiger partial charge in [0, 0.05) is 23.9 Å². The van der Waals surface area contributed by atoms with Gasteiger partial charge >= 0.3 is 0 Å². The number of aryl methyl sites for hydroxylation is 1. The summed E-state index contributed by atoms with van der Waals surface area (Å²) in [4.78, 5) is 16.4. The van der Waals surface area contributed by atoms with Crippen LogP contribution >= 0.6 is 11.6 Å². The summed E-state index contributed by atoms with van der Waals surface area (Å²) in [6.07, 6.45) is 1.48. The lowest BCUT2D eigenvalue weighted by molar-refractivity contribution is 0.102. The molecular weight excluding hydrogens is 316 g/mol. The molecule has 116 valence electrons. The molecule has 0 fully saturated rings. The number of aromatic nitrogens is 5. The van der Waals surface area contributed by atoms with Crippen molar-refractivity contribution in [1.82, 2.24) is 25.2 Å². The molecule has 23 heavy (non-hydrogen) atoms. The normalized spacial score (nSPS) is 10.5. The van der Waals surface area contributed by atoms with Crippen LogP contribution in [-0.4, -0.2) is 31.1 Å². The van der Waals surface area contributed by atoms with Crippen LogP contribution in [0, 0.1) is 0 Å². The Labute approximate surface area is 137 Å². The summed E-state index contributed by atoms with van der Waals surface area (Å²) < 4.78 is 1.66. The summed E-state index contributed by atoms with van der Waals surface area (Å²) in [5, 5.41) is 14.8. The highest BCUT2D eigenvalue weighted by atomic mass is 35.5. The van der Waals surface area contributed by atoms with E-state index in [9.17, 15) is 4.79 Å². The molecule has 7 nitrogen and oxygen atoms in total. The minimum Gasteiger partial charge on any atom is -0.307 e. The molecule has 0 aliphatic heterocycles. The molecule has 8 heteroatoms. The number of rotatable bonds is 4. The number of hydrogen-bond donors (Lipinski definition) is 1. The van der Waals surface area contributed by atoms with Gasteiger partial charge in [-0.25, -0.2) is 9.67 Å². The van der Waals surface area contributed by atoms with Crippen molar-refractivity contribution in [1.29, 1.82) is 0 Å². The number of carbonyl (C=O) groups excluding carboxylic acids is 1. The summed E-state index contributed by atoms with van der Waals surface area (Å²) in [7, 11) is 0. The second-order valence-electron chi connectivity index (χ2n) is 4.71. The Morgan fingerprint density at radius 1 is 1.30 bits per heavy atom. The van der Waals surface area contributed by atoms with E-state index in [4.69, 9.17) is 11.6 Å². The van der Waals surface area contributed by atoms with Crippen LogP contribution in [0.25, 0.3) is 11.4 Å². The number of nitrogens with zero attached hydrogens (tertiary/aromatic N) is 5. The molecule has 3 rings (SSSR count). The summed E-state index contributed by atoms with van der Waals surface area (Å²) in [5.74, 6) is 0.784. The number of carbonyl (C=O) groups is 1. The number of hydrogen-bond acceptors (Lipinski definition) is 5.